The lowest BCUT2D eigenvalue weighted by Gasteiger charge is -2.22. The average molecular weight is 407 g/mol. The van der Waals surface area contributed by atoms with E-state index in [-0.39, 0.29) is 17.9 Å². The second kappa shape index (κ2) is 9.89. The van der Waals surface area contributed by atoms with E-state index in [2.05, 4.69) is 10.6 Å². The van der Waals surface area contributed by atoms with Crippen molar-refractivity contribution >= 4 is 23.4 Å². The highest BCUT2D eigenvalue weighted by Gasteiger charge is 2.23. The number of hydrogen-bond donors (Lipinski definition) is 2. The van der Waals surface area contributed by atoms with E-state index in [4.69, 9.17) is 11.6 Å². The van der Waals surface area contributed by atoms with E-state index < -0.39 is 6.04 Å². The zero-order valence-corrected chi connectivity index (χ0v) is 16.9. The van der Waals surface area contributed by atoms with Crippen LogP contribution in [-0.4, -0.2) is 17.9 Å². The summed E-state index contributed by atoms with van der Waals surface area (Å²) < 4.78 is 0. The fourth-order valence-electron chi connectivity index (χ4n) is 3.04. The molecule has 0 saturated heterocycles. The van der Waals surface area contributed by atoms with Crippen molar-refractivity contribution in [1.29, 1.82) is 0 Å². The molecule has 2 unspecified atom stereocenters. The van der Waals surface area contributed by atoms with Crippen LogP contribution in [0.3, 0.4) is 0 Å². The highest BCUT2D eigenvalue weighted by Crippen LogP contribution is 2.16. The highest BCUT2D eigenvalue weighted by atomic mass is 35.5. The van der Waals surface area contributed by atoms with Gasteiger partial charge in [0.2, 0.25) is 5.91 Å². The molecule has 0 aliphatic heterocycles. The maximum absolute atomic E-state index is 13.0. The van der Waals surface area contributed by atoms with Gasteiger partial charge in [0.1, 0.15) is 6.04 Å². The second-order valence-corrected chi connectivity index (χ2v) is 7.30. The SMILES string of the molecule is CC(NC(=O)C(Cc1ccccc1)NC(=O)c1ccccc1)c1ccc(Cl)cc1. The number of halogens is 1. The lowest BCUT2D eigenvalue weighted by atomic mass is 10.0. The first-order valence-corrected chi connectivity index (χ1v) is 9.86. The van der Waals surface area contributed by atoms with Crippen molar-refractivity contribution in [1.82, 2.24) is 10.6 Å². The van der Waals surface area contributed by atoms with Crippen LogP contribution in [0.1, 0.15) is 34.5 Å². The number of rotatable bonds is 7. The standard InChI is InChI=1S/C24H23ClN2O2/c1-17(19-12-14-21(25)15-13-19)26-24(29)22(16-18-8-4-2-5-9-18)27-23(28)20-10-6-3-7-11-20/h2-15,17,22H,16H2,1H3,(H,26,29)(H,27,28). The van der Waals surface area contributed by atoms with Gasteiger partial charge < -0.3 is 10.6 Å². The molecule has 5 heteroatoms. The number of hydrogen-bond acceptors (Lipinski definition) is 2. The molecule has 4 nitrogen and oxygen atoms in total. The van der Waals surface area contributed by atoms with Gasteiger partial charge in [-0.3, -0.25) is 9.59 Å². The summed E-state index contributed by atoms with van der Waals surface area (Å²) in [4.78, 5) is 25.7. The zero-order valence-electron chi connectivity index (χ0n) is 16.1. The van der Waals surface area contributed by atoms with Crippen LogP contribution in [0.15, 0.2) is 84.9 Å². The second-order valence-electron chi connectivity index (χ2n) is 6.86. The molecule has 0 fully saturated rings. The molecule has 0 aliphatic carbocycles. The Labute approximate surface area is 175 Å². The predicted octanol–water partition coefficient (Wildman–Crippen LogP) is 4.56. The Morgan fingerprint density at radius 1 is 0.828 bits per heavy atom. The van der Waals surface area contributed by atoms with Gasteiger partial charge in [-0.25, -0.2) is 0 Å². The summed E-state index contributed by atoms with van der Waals surface area (Å²) in [6.07, 6.45) is 0.401. The number of amides is 2. The molecule has 0 radical (unpaired) electrons. The molecule has 2 amide bonds. The summed E-state index contributed by atoms with van der Waals surface area (Å²) in [6.45, 7) is 1.90. The summed E-state index contributed by atoms with van der Waals surface area (Å²) >= 11 is 5.94. The first-order chi connectivity index (χ1) is 14.0. The zero-order chi connectivity index (χ0) is 20.6. The number of benzene rings is 3. The van der Waals surface area contributed by atoms with Crippen LogP contribution in [0.2, 0.25) is 5.02 Å². The molecule has 29 heavy (non-hydrogen) atoms. The summed E-state index contributed by atoms with van der Waals surface area (Å²) in [7, 11) is 0. The Kier molecular flexibility index (Phi) is 7.04. The van der Waals surface area contributed by atoms with E-state index >= 15 is 0 Å². The quantitative estimate of drug-likeness (QED) is 0.604. The minimum Gasteiger partial charge on any atom is -0.348 e. The summed E-state index contributed by atoms with van der Waals surface area (Å²) in [5.74, 6) is -0.513. The van der Waals surface area contributed by atoms with Crippen molar-refractivity contribution in [2.45, 2.75) is 25.4 Å². The van der Waals surface area contributed by atoms with E-state index in [1.54, 1.807) is 36.4 Å². The molecule has 148 valence electrons. The molecule has 0 saturated carbocycles. The van der Waals surface area contributed by atoms with E-state index in [1.807, 2.05) is 55.5 Å². The number of carbonyl (C=O) groups excluding carboxylic acids is 2. The van der Waals surface area contributed by atoms with Gasteiger partial charge in [0, 0.05) is 17.0 Å². The molecular formula is C24H23ClN2O2. The van der Waals surface area contributed by atoms with Crippen LogP contribution < -0.4 is 10.6 Å². The molecule has 3 aromatic rings. The first-order valence-electron chi connectivity index (χ1n) is 9.48. The van der Waals surface area contributed by atoms with Crippen molar-refractivity contribution in [3.63, 3.8) is 0 Å². The maximum atomic E-state index is 13.0. The molecule has 3 rings (SSSR count). The van der Waals surface area contributed by atoms with Crippen LogP contribution in [0.25, 0.3) is 0 Å². The highest BCUT2D eigenvalue weighted by molar-refractivity contribution is 6.30. The minimum atomic E-state index is -0.695. The molecule has 0 aromatic heterocycles. The molecule has 3 aromatic carbocycles. The van der Waals surface area contributed by atoms with Crippen LogP contribution in [0.5, 0.6) is 0 Å². The Hall–Kier alpha value is -3.11. The van der Waals surface area contributed by atoms with Gasteiger partial charge in [0.15, 0.2) is 0 Å². The van der Waals surface area contributed by atoms with Crippen molar-refractivity contribution in [3.05, 3.63) is 107 Å². The van der Waals surface area contributed by atoms with E-state index in [1.165, 1.54) is 0 Å². The Morgan fingerprint density at radius 2 is 1.41 bits per heavy atom. The Balaban J connectivity index is 1.75. The smallest absolute Gasteiger partial charge is 0.251 e. The van der Waals surface area contributed by atoms with E-state index in [9.17, 15) is 9.59 Å². The third-order valence-electron chi connectivity index (χ3n) is 4.67. The van der Waals surface area contributed by atoms with E-state index in [0.29, 0.717) is 17.0 Å². The van der Waals surface area contributed by atoms with Gasteiger partial charge in [-0.2, -0.15) is 0 Å². The largest absolute Gasteiger partial charge is 0.348 e. The molecule has 2 N–H and O–H groups in total. The van der Waals surface area contributed by atoms with Crippen molar-refractivity contribution in [2.24, 2.45) is 0 Å². The molecular weight excluding hydrogens is 384 g/mol. The van der Waals surface area contributed by atoms with Crippen LogP contribution in [0.4, 0.5) is 0 Å². The van der Waals surface area contributed by atoms with Gasteiger partial charge in [0.05, 0.1) is 6.04 Å². The number of nitrogens with one attached hydrogen (secondary N) is 2. The molecule has 0 aliphatic rings. The average Bonchev–Trinajstić information content (AvgIpc) is 2.75. The van der Waals surface area contributed by atoms with Crippen LogP contribution >= 0.6 is 11.6 Å². The van der Waals surface area contributed by atoms with Crippen molar-refractivity contribution in [2.75, 3.05) is 0 Å². The third-order valence-corrected chi connectivity index (χ3v) is 4.92. The van der Waals surface area contributed by atoms with Crippen LogP contribution in [-0.2, 0) is 11.2 Å². The van der Waals surface area contributed by atoms with Crippen LogP contribution in [0, 0.1) is 0 Å². The molecule has 2 atom stereocenters. The third kappa shape index (κ3) is 5.93. The van der Waals surface area contributed by atoms with Gasteiger partial charge in [0.25, 0.3) is 5.91 Å². The summed E-state index contributed by atoms with van der Waals surface area (Å²) in [5.41, 5.74) is 2.43. The lowest BCUT2D eigenvalue weighted by molar-refractivity contribution is -0.123. The number of carbonyl (C=O) groups is 2. The molecule has 0 heterocycles. The fourth-order valence-corrected chi connectivity index (χ4v) is 3.16. The molecule has 0 bridgehead atoms. The fraction of sp³-hybridized carbons (Fsp3) is 0.167. The summed E-state index contributed by atoms with van der Waals surface area (Å²) in [5, 5.41) is 6.51. The summed E-state index contributed by atoms with van der Waals surface area (Å²) in [6, 6.07) is 24.9. The van der Waals surface area contributed by atoms with Crippen molar-refractivity contribution < 1.29 is 9.59 Å². The van der Waals surface area contributed by atoms with Gasteiger partial charge in [-0.05, 0) is 42.3 Å². The predicted molar refractivity (Wildman–Crippen MR) is 116 cm³/mol. The molecule has 0 spiro atoms. The Bertz CT molecular complexity index is 944. The normalized spacial score (nSPS) is 12.6. The monoisotopic (exact) mass is 406 g/mol. The lowest BCUT2D eigenvalue weighted by Crippen LogP contribution is -2.48. The first kappa shape index (κ1) is 20.6. The topological polar surface area (TPSA) is 58.2 Å². The van der Waals surface area contributed by atoms with Gasteiger partial charge in [-0.15, -0.1) is 0 Å². The van der Waals surface area contributed by atoms with Crippen molar-refractivity contribution in [3.8, 4) is 0 Å². The maximum Gasteiger partial charge on any atom is 0.251 e. The Morgan fingerprint density at radius 3 is 2.03 bits per heavy atom. The van der Waals surface area contributed by atoms with Gasteiger partial charge in [-0.1, -0.05) is 72.3 Å². The minimum absolute atomic E-state index is 0.216. The van der Waals surface area contributed by atoms with E-state index in [0.717, 1.165) is 11.1 Å². The van der Waals surface area contributed by atoms with Gasteiger partial charge >= 0.3 is 0 Å².